The number of fused-ring (bicyclic) bond motifs is 1. The number of aromatic nitrogens is 3. The molecule has 0 aliphatic heterocycles. The lowest BCUT2D eigenvalue weighted by Crippen LogP contribution is -2.23. The lowest BCUT2D eigenvalue weighted by Gasteiger charge is -2.20. The third kappa shape index (κ3) is 1.98. The highest BCUT2D eigenvalue weighted by Crippen LogP contribution is 2.44. The average Bonchev–Trinajstić information content (AvgIpc) is 2.92. The van der Waals surface area contributed by atoms with E-state index in [1.54, 1.807) is 0 Å². The average molecular weight is 310 g/mol. The molecule has 0 unspecified atom stereocenters. The highest BCUT2D eigenvalue weighted by molar-refractivity contribution is 6.35. The van der Waals surface area contributed by atoms with E-state index in [0.29, 0.717) is 23.6 Å². The molecule has 20 heavy (non-hydrogen) atoms. The molecule has 0 amide bonds. The van der Waals surface area contributed by atoms with Gasteiger partial charge < -0.3 is 9.67 Å². The van der Waals surface area contributed by atoms with Crippen molar-refractivity contribution in [2.75, 3.05) is 0 Å². The van der Waals surface area contributed by atoms with Crippen molar-refractivity contribution >= 4 is 34.2 Å². The first-order valence-electron chi connectivity index (χ1n) is 6.30. The van der Waals surface area contributed by atoms with Crippen LogP contribution in [0.4, 0.5) is 0 Å². The molecule has 4 nitrogen and oxygen atoms in total. The smallest absolute Gasteiger partial charge is 0.225 e. The molecule has 2 heterocycles. The Kier molecular flexibility index (Phi) is 3.17. The Morgan fingerprint density at radius 3 is 2.90 bits per heavy atom. The third-order valence-corrected chi connectivity index (χ3v) is 4.57. The molecule has 0 radical (unpaired) electrons. The molecule has 1 aliphatic carbocycles. The van der Waals surface area contributed by atoms with Gasteiger partial charge in [0.15, 0.2) is 0 Å². The minimum absolute atomic E-state index is 0.0746. The SMILES string of the molecule is C#C[C@]1(C)C[C@@H](n2ccc3c(Cl)nc(Cl)nc32)C[C@@H]1O. The number of hydrogen-bond donors (Lipinski definition) is 1. The van der Waals surface area contributed by atoms with Gasteiger partial charge in [0.1, 0.15) is 10.8 Å². The van der Waals surface area contributed by atoms with Gasteiger partial charge in [-0.1, -0.05) is 17.5 Å². The fourth-order valence-corrected chi connectivity index (χ4v) is 3.30. The van der Waals surface area contributed by atoms with Crippen molar-refractivity contribution in [2.24, 2.45) is 5.41 Å². The Labute approximate surface area is 126 Å². The number of halogens is 2. The Morgan fingerprint density at radius 1 is 1.50 bits per heavy atom. The summed E-state index contributed by atoms with van der Waals surface area (Å²) in [5, 5.41) is 11.4. The van der Waals surface area contributed by atoms with Gasteiger partial charge in [-0.05, 0) is 37.4 Å². The monoisotopic (exact) mass is 309 g/mol. The summed E-state index contributed by atoms with van der Waals surface area (Å²) in [4.78, 5) is 8.17. The van der Waals surface area contributed by atoms with E-state index in [0.717, 1.165) is 5.39 Å². The second-order valence-corrected chi connectivity index (χ2v) is 6.11. The van der Waals surface area contributed by atoms with Gasteiger partial charge in [0.05, 0.1) is 16.9 Å². The summed E-state index contributed by atoms with van der Waals surface area (Å²) in [6.07, 6.45) is 8.19. The van der Waals surface area contributed by atoms with Gasteiger partial charge in [0, 0.05) is 12.2 Å². The largest absolute Gasteiger partial charge is 0.391 e. The van der Waals surface area contributed by atoms with Crippen LogP contribution in [-0.4, -0.2) is 25.7 Å². The number of rotatable bonds is 1. The topological polar surface area (TPSA) is 50.9 Å². The van der Waals surface area contributed by atoms with Crippen LogP contribution in [0.5, 0.6) is 0 Å². The summed E-state index contributed by atoms with van der Waals surface area (Å²) >= 11 is 11.9. The van der Waals surface area contributed by atoms with Gasteiger partial charge in [-0.3, -0.25) is 0 Å². The molecular weight excluding hydrogens is 297 g/mol. The molecule has 0 spiro atoms. The van der Waals surface area contributed by atoms with Crippen molar-refractivity contribution in [3.63, 3.8) is 0 Å². The molecule has 0 saturated heterocycles. The van der Waals surface area contributed by atoms with Gasteiger partial charge in [-0.25, -0.2) is 4.98 Å². The second kappa shape index (κ2) is 4.63. The van der Waals surface area contributed by atoms with Crippen molar-refractivity contribution < 1.29 is 5.11 Å². The number of hydrogen-bond acceptors (Lipinski definition) is 3. The minimum Gasteiger partial charge on any atom is -0.391 e. The molecule has 3 atom stereocenters. The Balaban J connectivity index is 2.07. The number of aliphatic hydroxyl groups is 1. The Bertz CT molecular complexity index is 721. The van der Waals surface area contributed by atoms with Crippen LogP contribution in [0.2, 0.25) is 10.4 Å². The quantitative estimate of drug-likeness (QED) is 0.500. The maximum absolute atomic E-state index is 10.2. The van der Waals surface area contributed by atoms with Crippen LogP contribution in [0.3, 0.4) is 0 Å². The zero-order valence-electron chi connectivity index (χ0n) is 10.8. The minimum atomic E-state index is -0.525. The maximum Gasteiger partial charge on any atom is 0.225 e. The van der Waals surface area contributed by atoms with Gasteiger partial charge in [-0.15, -0.1) is 6.42 Å². The molecule has 2 aromatic rings. The molecule has 0 aromatic carbocycles. The number of terminal acetylenes is 1. The standard InChI is InChI=1S/C14H13Cl2N3O/c1-3-14(2)7-8(6-10(14)20)19-5-4-9-11(15)17-13(16)18-12(9)19/h1,4-5,8,10,20H,6-7H2,2H3/t8-,10-,14+/m0/s1. The van der Waals surface area contributed by atoms with Crippen LogP contribution < -0.4 is 0 Å². The summed E-state index contributed by atoms with van der Waals surface area (Å²) in [7, 11) is 0. The predicted molar refractivity (Wildman–Crippen MR) is 78.8 cm³/mol. The predicted octanol–water partition coefficient (Wildman–Crippen LogP) is 3.07. The highest BCUT2D eigenvalue weighted by atomic mass is 35.5. The molecule has 1 N–H and O–H groups in total. The fourth-order valence-electron chi connectivity index (χ4n) is 2.86. The summed E-state index contributed by atoms with van der Waals surface area (Å²) in [6.45, 7) is 1.90. The van der Waals surface area contributed by atoms with Crippen LogP contribution >= 0.6 is 23.2 Å². The van der Waals surface area contributed by atoms with E-state index in [1.165, 1.54) is 0 Å². The molecule has 1 fully saturated rings. The zero-order valence-corrected chi connectivity index (χ0v) is 12.4. The fraction of sp³-hybridized carbons (Fsp3) is 0.429. The highest BCUT2D eigenvalue weighted by Gasteiger charge is 2.42. The number of nitrogens with zero attached hydrogens (tertiary/aromatic N) is 3. The van der Waals surface area contributed by atoms with E-state index >= 15 is 0 Å². The first-order chi connectivity index (χ1) is 9.44. The van der Waals surface area contributed by atoms with Crippen LogP contribution in [0.1, 0.15) is 25.8 Å². The van der Waals surface area contributed by atoms with Crippen molar-refractivity contribution in [2.45, 2.75) is 31.9 Å². The molecule has 6 heteroatoms. The molecule has 2 aromatic heterocycles. The first kappa shape index (κ1) is 13.7. The third-order valence-electron chi connectivity index (χ3n) is 4.11. The van der Waals surface area contributed by atoms with Crippen molar-refractivity contribution in [1.82, 2.24) is 14.5 Å². The van der Waals surface area contributed by atoms with E-state index in [1.807, 2.05) is 23.8 Å². The summed E-state index contributed by atoms with van der Waals surface area (Å²) in [5.74, 6) is 2.70. The van der Waals surface area contributed by atoms with Crippen molar-refractivity contribution in [1.29, 1.82) is 0 Å². The van der Waals surface area contributed by atoms with Crippen molar-refractivity contribution in [3.8, 4) is 12.3 Å². The zero-order chi connectivity index (χ0) is 14.5. The lowest BCUT2D eigenvalue weighted by molar-refractivity contribution is 0.104. The van der Waals surface area contributed by atoms with E-state index in [4.69, 9.17) is 29.6 Å². The van der Waals surface area contributed by atoms with Crippen LogP contribution in [0.15, 0.2) is 12.3 Å². The van der Waals surface area contributed by atoms with Gasteiger partial charge in [0.25, 0.3) is 0 Å². The Morgan fingerprint density at radius 2 is 2.25 bits per heavy atom. The van der Waals surface area contributed by atoms with Crippen LogP contribution in [-0.2, 0) is 0 Å². The van der Waals surface area contributed by atoms with Crippen LogP contribution in [0.25, 0.3) is 11.0 Å². The second-order valence-electron chi connectivity index (χ2n) is 5.41. The molecule has 1 aliphatic rings. The molecule has 0 bridgehead atoms. The van der Waals surface area contributed by atoms with Gasteiger partial charge >= 0.3 is 0 Å². The molecule has 104 valence electrons. The van der Waals surface area contributed by atoms with E-state index < -0.39 is 11.5 Å². The van der Waals surface area contributed by atoms with Gasteiger partial charge in [-0.2, -0.15) is 4.98 Å². The van der Waals surface area contributed by atoms with E-state index in [9.17, 15) is 5.11 Å². The molecule has 1 saturated carbocycles. The normalized spacial score (nSPS) is 29.8. The van der Waals surface area contributed by atoms with Crippen LogP contribution in [0, 0.1) is 17.8 Å². The van der Waals surface area contributed by atoms with E-state index in [-0.39, 0.29) is 11.3 Å². The van der Waals surface area contributed by atoms with Gasteiger partial charge in [0.2, 0.25) is 5.28 Å². The maximum atomic E-state index is 10.2. The summed E-state index contributed by atoms with van der Waals surface area (Å²) in [6, 6.07) is 1.93. The summed E-state index contributed by atoms with van der Waals surface area (Å²) < 4.78 is 1.97. The van der Waals surface area contributed by atoms with E-state index in [2.05, 4.69) is 15.9 Å². The molecule has 3 rings (SSSR count). The lowest BCUT2D eigenvalue weighted by atomic mass is 9.88. The Hall–Kier alpha value is -1.28. The summed E-state index contributed by atoms with van der Waals surface area (Å²) in [5.41, 5.74) is 0.162. The molecular formula is C14H13Cl2N3O. The van der Waals surface area contributed by atoms with Crippen molar-refractivity contribution in [3.05, 3.63) is 22.7 Å². The number of aliphatic hydroxyl groups excluding tert-OH is 1. The first-order valence-corrected chi connectivity index (χ1v) is 7.05.